The van der Waals surface area contributed by atoms with Gasteiger partial charge in [-0.05, 0) is 26.0 Å². The summed E-state index contributed by atoms with van der Waals surface area (Å²) in [6.45, 7) is 3.86. The van der Waals surface area contributed by atoms with Crippen molar-refractivity contribution >= 4 is 17.6 Å². The standard InChI is InChI=1S/C13H15N3O5/c1-8-7-10(3-4-11(8)16(19)20)21-9(2)12(17)15-6-5-14-13(15)18/h3-4,7,9H,5-6H2,1-2H3,(H,14,18)/t9-/m0/s1. The third-order valence-corrected chi connectivity index (χ3v) is 3.15. The van der Waals surface area contributed by atoms with Crippen LogP contribution in [-0.4, -0.2) is 41.0 Å². The molecular formula is C13H15N3O5. The minimum absolute atomic E-state index is 0.0137. The van der Waals surface area contributed by atoms with Crippen molar-refractivity contribution in [3.63, 3.8) is 0 Å². The first kappa shape index (κ1) is 14.8. The van der Waals surface area contributed by atoms with E-state index >= 15 is 0 Å². The van der Waals surface area contributed by atoms with Crippen molar-refractivity contribution in [3.8, 4) is 5.75 Å². The summed E-state index contributed by atoms with van der Waals surface area (Å²) in [5.74, 6) is -0.0976. The number of imide groups is 1. The lowest BCUT2D eigenvalue weighted by atomic mass is 10.2. The van der Waals surface area contributed by atoms with E-state index in [1.165, 1.54) is 25.1 Å². The number of nitrogens with one attached hydrogen (secondary N) is 1. The van der Waals surface area contributed by atoms with E-state index in [2.05, 4.69) is 5.32 Å². The number of carbonyl (C=O) groups excluding carboxylic acids is 2. The molecule has 0 unspecified atom stereocenters. The first-order valence-electron chi connectivity index (χ1n) is 6.41. The Labute approximate surface area is 120 Å². The van der Waals surface area contributed by atoms with Gasteiger partial charge < -0.3 is 10.1 Å². The van der Waals surface area contributed by atoms with Crippen LogP contribution in [0, 0.1) is 17.0 Å². The van der Waals surface area contributed by atoms with E-state index in [1.807, 2.05) is 0 Å². The number of rotatable bonds is 4. The quantitative estimate of drug-likeness (QED) is 0.664. The number of aryl methyl sites for hydroxylation is 1. The molecule has 1 fully saturated rings. The summed E-state index contributed by atoms with van der Waals surface area (Å²) in [6.07, 6.45) is -0.852. The first-order valence-corrected chi connectivity index (χ1v) is 6.41. The molecule has 1 heterocycles. The maximum absolute atomic E-state index is 12.1. The number of benzene rings is 1. The normalized spacial score (nSPS) is 15.5. The van der Waals surface area contributed by atoms with Gasteiger partial charge in [-0.2, -0.15) is 0 Å². The molecule has 1 saturated heterocycles. The van der Waals surface area contributed by atoms with E-state index in [1.54, 1.807) is 6.92 Å². The van der Waals surface area contributed by atoms with Crippen LogP contribution in [0.5, 0.6) is 5.75 Å². The van der Waals surface area contributed by atoms with E-state index in [9.17, 15) is 19.7 Å². The number of hydrogen-bond donors (Lipinski definition) is 1. The monoisotopic (exact) mass is 293 g/mol. The number of ether oxygens (including phenoxy) is 1. The van der Waals surface area contributed by atoms with Crippen molar-refractivity contribution in [2.75, 3.05) is 13.1 Å². The molecule has 0 spiro atoms. The molecule has 1 aliphatic rings. The molecule has 1 aliphatic heterocycles. The molecule has 1 aromatic rings. The molecule has 0 bridgehead atoms. The fourth-order valence-electron chi connectivity index (χ4n) is 2.06. The zero-order valence-corrected chi connectivity index (χ0v) is 11.7. The van der Waals surface area contributed by atoms with E-state index < -0.39 is 23.0 Å². The summed E-state index contributed by atoms with van der Waals surface area (Å²) in [7, 11) is 0. The van der Waals surface area contributed by atoms with Gasteiger partial charge in [-0.3, -0.25) is 19.8 Å². The fraction of sp³-hybridized carbons (Fsp3) is 0.385. The Balaban J connectivity index is 2.07. The van der Waals surface area contributed by atoms with Gasteiger partial charge in [-0.25, -0.2) is 4.79 Å². The van der Waals surface area contributed by atoms with Crippen LogP contribution in [0.25, 0.3) is 0 Å². The lowest BCUT2D eigenvalue weighted by molar-refractivity contribution is -0.385. The molecule has 21 heavy (non-hydrogen) atoms. The van der Waals surface area contributed by atoms with Gasteiger partial charge in [0.15, 0.2) is 6.10 Å². The summed E-state index contributed by atoms with van der Waals surface area (Å²) < 4.78 is 5.46. The number of amides is 3. The first-order chi connectivity index (χ1) is 9.90. The van der Waals surface area contributed by atoms with Crippen LogP contribution in [-0.2, 0) is 4.79 Å². The summed E-state index contributed by atoms with van der Waals surface area (Å²) in [6, 6.07) is 3.81. The summed E-state index contributed by atoms with van der Waals surface area (Å²) in [4.78, 5) is 34.8. The number of hydrogen-bond acceptors (Lipinski definition) is 5. The zero-order chi connectivity index (χ0) is 15.6. The SMILES string of the molecule is Cc1cc(O[C@@H](C)C(=O)N2CCNC2=O)ccc1[N+](=O)[O-]. The number of urea groups is 1. The third kappa shape index (κ3) is 3.10. The average Bonchev–Trinajstić information content (AvgIpc) is 2.83. The minimum Gasteiger partial charge on any atom is -0.481 e. The van der Waals surface area contributed by atoms with Crippen LogP contribution in [0.2, 0.25) is 0 Å². The van der Waals surface area contributed by atoms with Crippen LogP contribution in [0.4, 0.5) is 10.5 Å². The van der Waals surface area contributed by atoms with E-state index in [-0.39, 0.29) is 5.69 Å². The lowest BCUT2D eigenvalue weighted by Crippen LogP contribution is -2.42. The number of carbonyl (C=O) groups is 2. The molecule has 0 saturated carbocycles. The second kappa shape index (κ2) is 5.78. The van der Waals surface area contributed by atoms with Crippen molar-refractivity contribution in [1.29, 1.82) is 0 Å². The van der Waals surface area contributed by atoms with Crippen molar-refractivity contribution < 1.29 is 19.2 Å². The molecule has 3 amide bonds. The molecule has 2 rings (SSSR count). The van der Waals surface area contributed by atoms with Gasteiger partial charge in [0.2, 0.25) is 0 Å². The highest BCUT2D eigenvalue weighted by Gasteiger charge is 2.30. The van der Waals surface area contributed by atoms with Crippen molar-refractivity contribution in [2.45, 2.75) is 20.0 Å². The molecular weight excluding hydrogens is 278 g/mol. The Bertz CT molecular complexity index is 601. The summed E-state index contributed by atoms with van der Waals surface area (Å²) in [5, 5.41) is 13.3. The molecule has 1 N–H and O–H groups in total. The number of nitrogens with zero attached hydrogens (tertiary/aromatic N) is 2. The Morgan fingerprint density at radius 2 is 2.24 bits per heavy atom. The van der Waals surface area contributed by atoms with E-state index in [0.29, 0.717) is 24.4 Å². The number of nitro groups is 1. The Morgan fingerprint density at radius 1 is 1.52 bits per heavy atom. The van der Waals surface area contributed by atoms with Crippen molar-refractivity contribution in [1.82, 2.24) is 10.2 Å². The molecule has 8 nitrogen and oxygen atoms in total. The zero-order valence-electron chi connectivity index (χ0n) is 11.7. The van der Waals surface area contributed by atoms with Gasteiger partial charge in [0.05, 0.1) is 4.92 Å². The van der Waals surface area contributed by atoms with Crippen LogP contribution in [0.15, 0.2) is 18.2 Å². The highest BCUT2D eigenvalue weighted by atomic mass is 16.6. The predicted octanol–water partition coefficient (Wildman–Crippen LogP) is 1.22. The summed E-state index contributed by atoms with van der Waals surface area (Å²) in [5.41, 5.74) is 0.427. The smallest absolute Gasteiger partial charge is 0.324 e. The van der Waals surface area contributed by atoms with Crippen LogP contribution < -0.4 is 10.1 Å². The van der Waals surface area contributed by atoms with Gasteiger partial charge in [-0.15, -0.1) is 0 Å². The number of nitro benzene ring substituents is 1. The fourth-order valence-corrected chi connectivity index (χ4v) is 2.06. The van der Waals surface area contributed by atoms with Gasteiger partial charge in [-0.1, -0.05) is 0 Å². The molecule has 0 radical (unpaired) electrons. The van der Waals surface area contributed by atoms with Gasteiger partial charge >= 0.3 is 6.03 Å². The van der Waals surface area contributed by atoms with Gasteiger partial charge in [0, 0.05) is 24.7 Å². The third-order valence-electron chi connectivity index (χ3n) is 3.15. The second-order valence-corrected chi connectivity index (χ2v) is 4.69. The van der Waals surface area contributed by atoms with Gasteiger partial charge in [0.25, 0.3) is 11.6 Å². The minimum atomic E-state index is -0.852. The lowest BCUT2D eigenvalue weighted by Gasteiger charge is -2.19. The molecule has 0 aliphatic carbocycles. The Kier molecular flexibility index (Phi) is 4.06. The molecule has 1 aromatic carbocycles. The highest BCUT2D eigenvalue weighted by Crippen LogP contribution is 2.24. The van der Waals surface area contributed by atoms with Crippen LogP contribution in [0.3, 0.4) is 0 Å². The summed E-state index contributed by atoms with van der Waals surface area (Å²) >= 11 is 0. The van der Waals surface area contributed by atoms with E-state index in [0.717, 1.165) is 4.90 Å². The average molecular weight is 293 g/mol. The van der Waals surface area contributed by atoms with Crippen LogP contribution >= 0.6 is 0 Å². The molecule has 112 valence electrons. The Morgan fingerprint density at radius 3 is 2.76 bits per heavy atom. The van der Waals surface area contributed by atoms with Crippen molar-refractivity contribution in [3.05, 3.63) is 33.9 Å². The largest absolute Gasteiger partial charge is 0.481 e. The van der Waals surface area contributed by atoms with E-state index in [4.69, 9.17) is 4.74 Å². The highest BCUT2D eigenvalue weighted by molar-refractivity contribution is 5.97. The Hall–Kier alpha value is -2.64. The molecule has 1 atom stereocenters. The van der Waals surface area contributed by atoms with Crippen LogP contribution in [0.1, 0.15) is 12.5 Å². The molecule has 0 aromatic heterocycles. The topological polar surface area (TPSA) is 102 Å². The maximum Gasteiger partial charge on any atom is 0.324 e. The maximum atomic E-state index is 12.1. The van der Waals surface area contributed by atoms with Crippen molar-refractivity contribution in [2.24, 2.45) is 0 Å². The predicted molar refractivity (Wildman–Crippen MR) is 73.0 cm³/mol. The molecule has 8 heteroatoms. The van der Waals surface area contributed by atoms with Gasteiger partial charge in [0.1, 0.15) is 5.75 Å². The second-order valence-electron chi connectivity index (χ2n) is 4.69.